The van der Waals surface area contributed by atoms with Gasteiger partial charge in [-0.2, -0.15) is 5.10 Å². The van der Waals surface area contributed by atoms with Crippen LogP contribution in [0.15, 0.2) is 35.3 Å². The molecule has 0 bridgehead atoms. The number of rotatable bonds is 8. The lowest BCUT2D eigenvalue weighted by Gasteiger charge is -2.15. The van der Waals surface area contributed by atoms with Crippen molar-refractivity contribution in [2.45, 2.75) is 33.4 Å². The Morgan fingerprint density at radius 1 is 1.21 bits per heavy atom. The van der Waals surface area contributed by atoms with E-state index < -0.39 is 10.0 Å². The van der Waals surface area contributed by atoms with Gasteiger partial charge >= 0.3 is 0 Å². The first-order valence-electron chi connectivity index (χ1n) is 8.80. The molecule has 0 fully saturated rings. The molecule has 0 aliphatic carbocycles. The lowest BCUT2D eigenvalue weighted by Crippen LogP contribution is -2.37. The van der Waals surface area contributed by atoms with Crippen LogP contribution in [0.25, 0.3) is 0 Å². The predicted octanol–water partition coefficient (Wildman–Crippen LogP) is 2.24. The zero-order valence-electron chi connectivity index (χ0n) is 16.7. The monoisotopic (exact) mass is 520 g/mol. The van der Waals surface area contributed by atoms with Crippen molar-refractivity contribution in [3.05, 3.63) is 47.3 Å². The molecule has 0 spiro atoms. The molecule has 1 heterocycles. The number of hydrogen-bond acceptors (Lipinski definition) is 4. The highest BCUT2D eigenvalue weighted by molar-refractivity contribution is 14.0. The molecule has 0 saturated carbocycles. The van der Waals surface area contributed by atoms with E-state index >= 15 is 0 Å². The summed E-state index contributed by atoms with van der Waals surface area (Å²) in [5, 5.41) is 10.9. The molecule has 0 aliphatic heterocycles. The molecule has 2 aromatic rings. The number of guanidine groups is 1. The van der Waals surface area contributed by atoms with Gasteiger partial charge in [0.2, 0.25) is 10.0 Å². The fourth-order valence-corrected chi connectivity index (χ4v) is 3.31. The van der Waals surface area contributed by atoms with E-state index in [0.717, 1.165) is 42.7 Å². The average Bonchev–Trinajstić information content (AvgIpc) is 2.91. The number of nitrogens with one attached hydrogen (secondary N) is 3. The summed E-state index contributed by atoms with van der Waals surface area (Å²) in [7, 11) is -1.62. The first kappa shape index (κ1) is 24.2. The minimum Gasteiger partial charge on any atom is -0.356 e. The smallest absolute Gasteiger partial charge is 0.229 e. The van der Waals surface area contributed by atoms with Gasteiger partial charge in [-0.1, -0.05) is 18.2 Å². The molecular weight excluding hydrogens is 491 g/mol. The van der Waals surface area contributed by atoms with E-state index in [2.05, 4.69) is 38.4 Å². The molecular formula is C18H29IN6O2S. The molecule has 28 heavy (non-hydrogen) atoms. The fourth-order valence-electron chi connectivity index (χ4n) is 2.71. The first-order valence-corrected chi connectivity index (χ1v) is 10.7. The van der Waals surface area contributed by atoms with Gasteiger partial charge < -0.3 is 10.6 Å². The lowest BCUT2D eigenvalue weighted by atomic mass is 10.2. The van der Waals surface area contributed by atoms with E-state index in [1.807, 2.05) is 23.7 Å². The molecule has 1 aromatic heterocycles. The quantitative estimate of drug-likeness (QED) is 0.215. The zero-order valence-corrected chi connectivity index (χ0v) is 19.8. The van der Waals surface area contributed by atoms with Crippen molar-refractivity contribution in [2.75, 3.05) is 24.6 Å². The van der Waals surface area contributed by atoms with Crippen LogP contribution in [0, 0.1) is 13.8 Å². The number of nitrogens with zero attached hydrogens (tertiary/aromatic N) is 3. The van der Waals surface area contributed by atoms with E-state index in [-0.39, 0.29) is 24.0 Å². The number of aromatic nitrogens is 2. The average molecular weight is 520 g/mol. The molecule has 0 radical (unpaired) electrons. The molecule has 0 saturated heterocycles. The highest BCUT2D eigenvalue weighted by Crippen LogP contribution is 2.15. The van der Waals surface area contributed by atoms with Crippen molar-refractivity contribution in [1.82, 2.24) is 20.4 Å². The normalized spacial score (nSPS) is 11.6. The number of aliphatic imine (C=N–C) groups is 1. The first-order chi connectivity index (χ1) is 12.8. The van der Waals surface area contributed by atoms with Crippen LogP contribution in [0.2, 0.25) is 0 Å². The van der Waals surface area contributed by atoms with Crippen molar-refractivity contribution in [2.24, 2.45) is 4.99 Å². The number of aryl methyl sites for hydroxylation is 3. The summed E-state index contributed by atoms with van der Waals surface area (Å²) < 4.78 is 27.5. The summed E-state index contributed by atoms with van der Waals surface area (Å²) in [5.41, 5.74) is 3.59. The maximum atomic E-state index is 11.5. The zero-order chi connectivity index (χ0) is 19.9. The summed E-state index contributed by atoms with van der Waals surface area (Å²) in [6.07, 6.45) is 2.05. The highest BCUT2D eigenvalue weighted by atomic mass is 127. The van der Waals surface area contributed by atoms with E-state index in [4.69, 9.17) is 0 Å². The summed E-state index contributed by atoms with van der Waals surface area (Å²) in [6, 6.07) is 9.34. The molecule has 0 aliphatic rings. The molecule has 156 valence electrons. The van der Waals surface area contributed by atoms with Crippen LogP contribution in [0.1, 0.15) is 23.4 Å². The van der Waals surface area contributed by atoms with Gasteiger partial charge in [-0.05, 0) is 38.0 Å². The third kappa shape index (κ3) is 8.05. The molecule has 3 N–H and O–H groups in total. The molecule has 0 atom stereocenters. The van der Waals surface area contributed by atoms with Crippen LogP contribution in [0.4, 0.5) is 5.69 Å². The van der Waals surface area contributed by atoms with E-state index in [1.165, 1.54) is 0 Å². The third-order valence-electron chi connectivity index (χ3n) is 3.93. The van der Waals surface area contributed by atoms with Gasteiger partial charge in [0.1, 0.15) is 0 Å². The van der Waals surface area contributed by atoms with Gasteiger partial charge in [-0.25, -0.2) is 8.42 Å². The van der Waals surface area contributed by atoms with E-state index in [0.29, 0.717) is 18.2 Å². The van der Waals surface area contributed by atoms with Gasteiger partial charge in [0.05, 0.1) is 17.6 Å². The predicted molar refractivity (Wildman–Crippen MR) is 125 cm³/mol. The summed E-state index contributed by atoms with van der Waals surface area (Å²) in [6.45, 7) is 6.09. The highest BCUT2D eigenvalue weighted by Gasteiger charge is 2.07. The number of sulfonamides is 1. The number of anilines is 1. The van der Waals surface area contributed by atoms with E-state index in [1.54, 1.807) is 19.2 Å². The summed E-state index contributed by atoms with van der Waals surface area (Å²) >= 11 is 0. The second kappa shape index (κ2) is 11.2. The minimum atomic E-state index is -3.32. The van der Waals surface area contributed by atoms with E-state index in [9.17, 15) is 8.42 Å². The van der Waals surface area contributed by atoms with Gasteiger partial charge in [0, 0.05) is 32.4 Å². The maximum absolute atomic E-state index is 11.5. The molecule has 1 aromatic carbocycles. The largest absolute Gasteiger partial charge is 0.356 e. The van der Waals surface area contributed by atoms with Crippen LogP contribution >= 0.6 is 24.0 Å². The number of para-hydroxylation sites is 1. The van der Waals surface area contributed by atoms with Crippen LogP contribution in [-0.2, 0) is 23.1 Å². The second-order valence-electron chi connectivity index (χ2n) is 6.39. The van der Waals surface area contributed by atoms with Crippen molar-refractivity contribution < 1.29 is 8.42 Å². The van der Waals surface area contributed by atoms with Crippen molar-refractivity contribution in [3.63, 3.8) is 0 Å². The fraction of sp³-hybridized carbons (Fsp3) is 0.444. The lowest BCUT2D eigenvalue weighted by molar-refractivity contribution is 0.555. The van der Waals surface area contributed by atoms with Crippen LogP contribution in [0.5, 0.6) is 0 Å². The minimum absolute atomic E-state index is 0. The SMILES string of the molecule is CN=C(NCCCn1nc(C)cc1C)NCc1ccccc1NS(C)(=O)=O.I. The Morgan fingerprint density at radius 3 is 2.54 bits per heavy atom. The van der Waals surface area contributed by atoms with Crippen LogP contribution in [0.3, 0.4) is 0 Å². The van der Waals surface area contributed by atoms with Crippen molar-refractivity contribution in [1.29, 1.82) is 0 Å². The van der Waals surface area contributed by atoms with Gasteiger partial charge in [-0.15, -0.1) is 24.0 Å². The Bertz CT molecular complexity index is 895. The topological polar surface area (TPSA) is 100 Å². The Balaban J connectivity index is 0.00000392. The maximum Gasteiger partial charge on any atom is 0.229 e. The van der Waals surface area contributed by atoms with Crippen molar-refractivity contribution in [3.8, 4) is 0 Å². The summed E-state index contributed by atoms with van der Waals surface area (Å²) in [5.74, 6) is 0.664. The Morgan fingerprint density at radius 2 is 1.93 bits per heavy atom. The van der Waals surface area contributed by atoms with Crippen LogP contribution < -0.4 is 15.4 Å². The Hall–Kier alpha value is -1.82. The number of benzene rings is 1. The number of halogens is 1. The van der Waals surface area contributed by atoms with Gasteiger partial charge in [-0.3, -0.25) is 14.4 Å². The standard InChI is InChI=1S/C18H28N6O2S.HI/c1-14-12-15(2)24(22-14)11-7-10-20-18(19-3)21-13-16-8-5-6-9-17(16)23-27(4,25)26;/h5-6,8-9,12,23H,7,10-11,13H2,1-4H3,(H2,19,20,21);1H. The number of hydrogen-bond donors (Lipinski definition) is 3. The molecule has 8 nitrogen and oxygen atoms in total. The summed E-state index contributed by atoms with van der Waals surface area (Å²) in [4.78, 5) is 4.21. The molecule has 2 rings (SSSR count). The second-order valence-corrected chi connectivity index (χ2v) is 8.14. The molecule has 0 amide bonds. The Labute approximate surface area is 184 Å². The molecule has 0 unspecified atom stereocenters. The Kier molecular flexibility index (Phi) is 9.73. The van der Waals surface area contributed by atoms with Gasteiger partial charge in [0.15, 0.2) is 5.96 Å². The van der Waals surface area contributed by atoms with Crippen LogP contribution in [-0.4, -0.2) is 44.0 Å². The van der Waals surface area contributed by atoms with Crippen molar-refractivity contribution >= 4 is 45.6 Å². The molecule has 10 heteroatoms. The third-order valence-corrected chi connectivity index (χ3v) is 4.52. The van der Waals surface area contributed by atoms with Gasteiger partial charge in [0.25, 0.3) is 0 Å².